The minimum atomic E-state index is -4.17. The van der Waals surface area contributed by atoms with Gasteiger partial charge in [-0.25, -0.2) is 17.8 Å². The van der Waals surface area contributed by atoms with Crippen LogP contribution in [0, 0.1) is 0 Å². The Labute approximate surface area is 159 Å². The number of rotatable bonds is 4. The van der Waals surface area contributed by atoms with E-state index in [9.17, 15) is 18.0 Å². The van der Waals surface area contributed by atoms with E-state index in [2.05, 4.69) is 0 Å². The molecule has 0 unspecified atom stereocenters. The van der Waals surface area contributed by atoms with Crippen LogP contribution in [-0.2, 0) is 10.0 Å². The molecule has 0 fully saturated rings. The van der Waals surface area contributed by atoms with Gasteiger partial charge in [0.05, 0.1) is 12.0 Å². The summed E-state index contributed by atoms with van der Waals surface area (Å²) in [7, 11) is -2.71. The molecule has 4 rings (SSSR count). The lowest BCUT2D eigenvalue weighted by molar-refractivity contribution is 0.0955. The van der Waals surface area contributed by atoms with Crippen LogP contribution in [-0.4, -0.2) is 36.8 Å². The molecule has 0 aliphatic carbocycles. The maximum Gasteiger partial charge on any atom is 0.349 e. The van der Waals surface area contributed by atoms with Crippen molar-refractivity contribution >= 4 is 15.9 Å². The Kier molecular flexibility index (Phi) is 4.19. The second kappa shape index (κ2) is 6.57. The summed E-state index contributed by atoms with van der Waals surface area (Å²) >= 11 is 0. The molecule has 2 aromatic carbocycles. The third-order valence-electron chi connectivity index (χ3n) is 4.20. The van der Waals surface area contributed by atoms with Crippen molar-refractivity contribution in [3.63, 3.8) is 0 Å². The van der Waals surface area contributed by atoms with Crippen LogP contribution in [0.3, 0.4) is 0 Å². The molecule has 28 heavy (non-hydrogen) atoms. The third-order valence-corrected chi connectivity index (χ3v) is 5.86. The summed E-state index contributed by atoms with van der Waals surface area (Å²) in [6.07, 6.45) is 2.14. The van der Waals surface area contributed by atoms with Crippen LogP contribution in [0.5, 0.6) is 17.2 Å². The van der Waals surface area contributed by atoms with Crippen LogP contribution < -0.4 is 19.9 Å². The molecule has 3 aromatic rings. The Morgan fingerprint density at radius 1 is 1.04 bits per heavy atom. The van der Waals surface area contributed by atoms with Crippen LogP contribution in [0.4, 0.5) is 0 Å². The molecule has 0 bridgehead atoms. The highest BCUT2D eigenvalue weighted by atomic mass is 32.2. The van der Waals surface area contributed by atoms with Crippen molar-refractivity contribution in [3.05, 3.63) is 70.9 Å². The van der Waals surface area contributed by atoms with Gasteiger partial charge in [0.2, 0.25) is 6.79 Å². The van der Waals surface area contributed by atoms with Crippen molar-refractivity contribution in [1.82, 2.24) is 8.54 Å². The molecule has 10 heteroatoms. The maximum atomic E-state index is 12.7. The smallest absolute Gasteiger partial charge is 0.349 e. The van der Waals surface area contributed by atoms with Crippen LogP contribution in [0.1, 0.15) is 10.4 Å². The van der Waals surface area contributed by atoms with E-state index < -0.39 is 21.6 Å². The average Bonchev–Trinajstić information content (AvgIpc) is 3.33. The van der Waals surface area contributed by atoms with Gasteiger partial charge in [0.1, 0.15) is 5.75 Å². The summed E-state index contributed by atoms with van der Waals surface area (Å²) in [6.45, 7) is 0.0450. The Morgan fingerprint density at radius 3 is 2.46 bits per heavy atom. The number of carbonyl (C=O) groups excluding carboxylic acids is 1. The number of hydrogen-bond acceptors (Lipinski definition) is 7. The quantitative estimate of drug-likeness (QED) is 0.648. The normalized spacial score (nSPS) is 12.8. The van der Waals surface area contributed by atoms with Gasteiger partial charge >= 0.3 is 5.69 Å². The maximum absolute atomic E-state index is 12.7. The number of imidazole rings is 1. The molecule has 0 N–H and O–H groups in total. The lowest BCUT2D eigenvalue weighted by Crippen LogP contribution is -2.32. The van der Waals surface area contributed by atoms with Gasteiger partial charge in [-0.3, -0.25) is 4.79 Å². The lowest BCUT2D eigenvalue weighted by Gasteiger charge is -2.06. The summed E-state index contributed by atoms with van der Waals surface area (Å²) in [5, 5.41) is 0. The molecule has 1 aromatic heterocycles. The summed E-state index contributed by atoms with van der Waals surface area (Å²) < 4.78 is 42.1. The van der Waals surface area contributed by atoms with E-state index in [0.717, 1.165) is 17.0 Å². The number of ether oxygens (including phenoxy) is 3. The Morgan fingerprint density at radius 2 is 1.75 bits per heavy atom. The van der Waals surface area contributed by atoms with E-state index in [1.807, 2.05) is 0 Å². The number of hydrogen-bond donors (Lipinski definition) is 0. The van der Waals surface area contributed by atoms with Gasteiger partial charge in [-0.1, -0.05) is 0 Å². The fraction of sp³-hybridized carbons (Fsp3) is 0.111. The third kappa shape index (κ3) is 2.83. The number of nitrogens with zero attached hydrogens (tertiary/aromatic N) is 2. The van der Waals surface area contributed by atoms with E-state index in [1.54, 1.807) is 6.07 Å². The van der Waals surface area contributed by atoms with E-state index in [1.165, 1.54) is 43.5 Å². The molecule has 144 valence electrons. The molecule has 0 atom stereocenters. The molecular formula is C18H14N2O7S. The molecule has 0 spiro atoms. The fourth-order valence-corrected chi connectivity index (χ4v) is 3.94. The van der Waals surface area contributed by atoms with Gasteiger partial charge in [-0.05, 0) is 42.5 Å². The minimum absolute atomic E-state index is 0.0450. The zero-order valence-electron chi connectivity index (χ0n) is 14.6. The first-order chi connectivity index (χ1) is 13.4. The first kappa shape index (κ1) is 17.9. The molecule has 2 heterocycles. The van der Waals surface area contributed by atoms with Gasteiger partial charge in [-0.2, -0.15) is 3.97 Å². The molecule has 0 saturated heterocycles. The highest BCUT2D eigenvalue weighted by Crippen LogP contribution is 2.32. The molecule has 0 radical (unpaired) electrons. The minimum Gasteiger partial charge on any atom is -0.497 e. The molecule has 0 amide bonds. The highest BCUT2D eigenvalue weighted by Gasteiger charge is 2.24. The molecular weight excluding hydrogens is 388 g/mol. The number of fused-ring (bicyclic) bond motifs is 1. The van der Waals surface area contributed by atoms with Crippen molar-refractivity contribution in [2.75, 3.05) is 13.9 Å². The SMILES string of the molecule is COc1ccc(S(=O)(=O)n2ccn(C(=O)c3ccc4c(c3)OCO4)c2=O)cc1. The van der Waals surface area contributed by atoms with Crippen molar-refractivity contribution < 1.29 is 27.4 Å². The highest BCUT2D eigenvalue weighted by molar-refractivity contribution is 7.90. The molecule has 9 nitrogen and oxygen atoms in total. The summed E-state index contributed by atoms with van der Waals surface area (Å²) in [5.74, 6) is 0.654. The summed E-state index contributed by atoms with van der Waals surface area (Å²) in [4.78, 5) is 25.2. The Bertz CT molecular complexity index is 1220. The summed E-state index contributed by atoms with van der Waals surface area (Å²) in [5.41, 5.74) is -0.843. The monoisotopic (exact) mass is 402 g/mol. The zero-order valence-corrected chi connectivity index (χ0v) is 15.4. The topological polar surface area (TPSA) is 106 Å². The number of carbonyl (C=O) groups is 1. The second-order valence-corrected chi connectivity index (χ2v) is 7.62. The van der Waals surface area contributed by atoms with Gasteiger partial charge in [0, 0.05) is 18.0 Å². The van der Waals surface area contributed by atoms with Crippen molar-refractivity contribution in [1.29, 1.82) is 0 Å². The average molecular weight is 402 g/mol. The zero-order chi connectivity index (χ0) is 19.9. The van der Waals surface area contributed by atoms with Crippen LogP contribution in [0.2, 0.25) is 0 Å². The second-order valence-electron chi connectivity index (χ2n) is 5.80. The van der Waals surface area contributed by atoms with Crippen molar-refractivity contribution in [2.24, 2.45) is 0 Å². The molecule has 1 aliphatic heterocycles. The standard InChI is InChI=1S/C18H14N2O7S/c1-25-13-3-5-14(6-4-13)28(23,24)20-9-8-19(18(20)22)17(21)12-2-7-15-16(10-12)27-11-26-15/h2-10H,11H2,1H3. The van der Waals surface area contributed by atoms with Gasteiger partial charge in [0.25, 0.3) is 15.9 Å². The molecule has 0 saturated carbocycles. The van der Waals surface area contributed by atoms with Crippen molar-refractivity contribution in [2.45, 2.75) is 4.90 Å². The van der Waals surface area contributed by atoms with Crippen LogP contribution in [0.25, 0.3) is 0 Å². The van der Waals surface area contributed by atoms with Crippen LogP contribution >= 0.6 is 0 Å². The Balaban J connectivity index is 1.70. The van der Waals surface area contributed by atoms with Gasteiger partial charge in [0.15, 0.2) is 11.5 Å². The van der Waals surface area contributed by atoms with E-state index in [4.69, 9.17) is 14.2 Å². The lowest BCUT2D eigenvalue weighted by atomic mass is 10.2. The number of benzene rings is 2. The summed E-state index contributed by atoms with van der Waals surface area (Å²) in [6, 6.07) is 10.0. The fourth-order valence-electron chi connectivity index (χ4n) is 2.73. The largest absolute Gasteiger partial charge is 0.497 e. The van der Waals surface area contributed by atoms with Gasteiger partial charge in [-0.15, -0.1) is 0 Å². The van der Waals surface area contributed by atoms with E-state index in [-0.39, 0.29) is 17.3 Å². The predicted molar refractivity (Wildman–Crippen MR) is 96.6 cm³/mol. The van der Waals surface area contributed by atoms with Gasteiger partial charge < -0.3 is 14.2 Å². The first-order valence-electron chi connectivity index (χ1n) is 8.06. The van der Waals surface area contributed by atoms with Crippen LogP contribution in [0.15, 0.2) is 64.5 Å². The first-order valence-corrected chi connectivity index (χ1v) is 9.50. The predicted octanol–water partition coefficient (Wildman–Crippen LogP) is 1.31. The number of aromatic nitrogens is 2. The van der Waals surface area contributed by atoms with E-state index >= 15 is 0 Å². The number of methoxy groups -OCH3 is 1. The van der Waals surface area contributed by atoms with E-state index in [0.29, 0.717) is 21.2 Å². The molecule has 1 aliphatic rings. The Hall–Kier alpha value is -3.53. The van der Waals surface area contributed by atoms with Crippen molar-refractivity contribution in [3.8, 4) is 17.2 Å².